The van der Waals surface area contributed by atoms with E-state index in [2.05, 4.69) is 5.32 Å². The van der Waals surface area contributed by atoms with E-state index in [1.807, 2.05) is 31.2 Å². The summed E-state index contributed by atoms with van der Waals surface area (Å²) in [6.45, 7) is 2.03. The lowest BCUT2D eigenvalue weighted by molar-refractivity contribution is 0.100. The summed E-state index contributed by atoms with van der Waals surface area (Å²) < 4.78 is 0. The summed E-state index contributed by atoms with van der Waals surface area (Å²) in [6, 6.07) is 12.8. The van der Waals surface area contributed by atoms with E-state index in [0.29, 0.717) is 10.6 Å². The van der Waals surface area contributed by atoms with Crippen LogP contribution in [0.1, 0.15) is 28.9 Å². The molecule has 2 aromatic rings. The first-order chi connectivity index (χ1) is 9.47. The van der Waals surface area contributed by atoms with Crippen molar-refractivity contribution in [3.8, 4) is 0 Å². The highest BCUT2D eigenvalue weighted by molar-refractivity contribution is 6.34. The van der Waals surface area contributed by atoms with Gasteiger partial charge in [0.2, 0.25) is 5.91 Å². The van der Waals surface area contributed by atoms with E-state index in [0.717, 1.165) is 16.9 Å². The van der Waals surface area contributed by atoms with Crippen molar-refractivity contribution in [3.05, 3.63) is 58.6 Å². The molecule has 5 heteroatoms. The fraction of sp³-hybridized carbons (Fsp3) is 0.133. The highest BCUT2D eigenvalue weighted by atomic mass is 35.5. The molecule has 0 heterocycles. The average molecular weight is 290 g/mol. The van der Waals surface area contributed by atoms with Gasteiger partial charge in [0.25, 0.3) is 0 Å². The van der Waals surface area contributed by atoms with Crippen molar-refractivity contribution in [2.24, 2.45) is 5.73 Å². The molecule has 0 aliphatic heterocycles. The Hall–Kier alpha value is -2.20. The summed E-state index contributed by atoms with van der Waals surface area (Å²) in [5.74, 6) is -0.534. The zero-order valence-corrected chi connectivity index (χ0v) is 11.8. The molecule has 2 rings (SSSR count). The van der Waals surface area contributed by atoms with Crippen LogP contribution in [0, 0.1) is 0 Å². The first kappa shape index (κ1) is 14.2. The molecular formula is C15H16ClN3O. The summed E-state index contributed by atoms with van der Waals surface area (Å²) in [6.07, 6.45) is 0. The average Bonchev–Trinajstić information content (AvgIpc) is 2.39. The van der Waals surface area contributed by atoms with Gasteiger partial charge >= 0.3 is 0 Å². The normalized spacial score (nSPS) is 11.9. The Balaban J connectivity index is 2.15. The third-order valence-corrected chi connectivity index (χ3v) is 3.37. The Morgan fingerprint density at radius 3 is 2.40 bits per heavy atom. The second-order valence-corrected chi connectivity index (χ2v) is 5.00. The maximum atomic E-state index is 11.1. The molecule has 0 aliphatic rings. The molecule has 0 bridgehead atoms. The van der Waals surface area contributed by atoms with E-state index >= 15 is 0 Å². The van der Waals surface area contributed by atoms with Crippen molar-refractivity contribution < 1.29 is 4.79 Å². The number of carbonyl (C=O) groups excluding carboxylic acids is 1. The van der Waals surface area contributed by atoms with E-state index in [9.17, 15) is 4.79 Å². The van der Waals surface area contributed by atoms with Crippen molar-refractivity contribution in [2.75, 3.05) is 11.1 Å². The molecule has 0 saturated heterocycles. The zero-order valence-electron chi connectivity index (χ0n) is 11.1. The van der Waals surface area contributed by atoms with E-state index < -0.39 is 5.91 Å². The van der Waals surface area contributed by atoms with Crippen LogP contribution in [-0.2, 0) is 0 Å². The van der Waals surface area contributed by atoms with Gasteiger partial charge in [-0.3, -0.25) is 4.79 Å². The van der Waals surface area contributed by atoms with Crippen LogP contribution in [-0.4, -0.2) is 5.91 Å². The number of hydrogen-bond acceptors (Lipinski definition) is 3. The molecule has 104 valence electrons. The van der Waals surface area contributed by atoms with E-state index in [1.165, 1.54) is 0 Å². The molecule has 0 saturated carbocycles. The molecule has 0 radical (unpaired) electrons. The molecule has 2 aromatic carbocycles. The minimum Gasteiger partial charge on any atom is -0.399 e. The number of carbonyl (C=O) groups is 1. The third-order valence-electron chi connectivity index (χ3n) is 3.05. The van der Waals surface area contributed by atoms with Crippen molar-refractivity contribution in [3.63, 3.8) is 0 Å². The van der Waals surface area contributed by atoms with Crippen LogP contribution in [0.25, 0.3) is 0 Å². The van der Waals surface area contributed by atoms with Gasteiger partial charge in [-0.05, 0) is 42.8 Å². The second kappa shape index (κ2) is 5.84. The Bertz CT molecular complexity index is 626. The maximum Gasteiger partial charge on any atom is 0.250 e. The molecule has 1 amide bonds. The van der Waals surface area contributed by atoms with Gasteiger partial charge in [0.15, 0.2) is 0 Å². The number of benzene rings is 2. The van der Waals surface area contributed by atoms with Crippen molar-refractivity contribution in [2.45, 2.75) is 13.0 Å². The third kappa shape index (κ3) is 3.22. The number of nitrogens with two attached hydrogens (primary N) is 2. The molecule has 1 atom stereocenters. The van der Waals surface area contributed by atoms with Crippen LogP contribution in [0.15, 0.2) is 42.5 Å². The summed E-state index contributed by atoms with van der Waals surface area (Å²) in [5.41, 5.74) is 13.9. The van der Waals surface area contributed by atoms with Gasteiger partial charge in [-0.2, -0.15) is 0 Å². The van der Waals surface area contributed by atoms with Gasteiger partial charge in [0.1, 0.15) is 0 Å². The zero-order chi connectivity index (χ0) is 14.7. The number of halogens is 1. The Morgan fingerprint density at radius 1 is 1.20 bits per heavy atom. The fourth-order valence-electron chi connectivity index (χ4n) is 1.92. The summed E-state index contributed by atoms with van der Waals surface area (Å²) in [4.78, 5) is 11.1. The molecular weight excluding hydrogens is 274 g/mol. The van der Waals surface area contributed by atoms with Gasteiger partial charge in [-0.25, -0.2) is 0 Å². The standard InChI is InChI=1S/C15H16ClN3O/c1-9(10-2-4-11(17)5-3-10)19-12-6-7-13(15(18)20)14(16)8-12/h2-9,19H,17H2,1H3,(H2,18,20). The largest absolute Gasteiger partial charge is 0.399 e. The van der Waals surface area contributed by atoms with Crippen LogP contribution >= 0.6 is 11.6 Å². The number of rotatable bonds is 4. The summed E-state index contributed by atoms with van der Waals surface area (Å²) in [5, 5.41) is 3.65. The molecule has 5 N–H and O–H groups in total. The van der Waals surface area contributed by atoms with Crippen LogP contribution in [0.5, 0.6) is 0 Å². The molecule has 0 aromatic heterocycles. The lowest BCUT2D eigenvalue weighted by Gasteiger charge is -2.16. The van der Waals surface area contributed by atoms with Crippen LogP contribution in [0.3, 0.4) is 0 Å². The smallest absolute Gasteiger partial charge is 0.250 e. The highest BCUT2D eigenvalue weighted by Crippen LogP contribution is 2.24. The molecule has 4 nitrogen and oxygen atoms in total. The monoisotopic (exact) mass is 289 g/mol. The van der Waals surface area contributed by atoms with Gasteiger partial charge in [0.05, 0.1) is 10.6 Å². The highest BCUT2D eigenvalue weighted by Gasteiger charge is 2.09. The molecule has 0 fully saturated rings. The van der Waals surface area contributed by atoms with Crippen molar-refractivity contribution in [1.29, 1.82) is 0 Å². The van der Waals surface area contributed by atoms with Crippen molar-refractivity contribution in [1.82, 2.24) is 0 Å². The number of anilines is 2. The second-order valence-electron chi connectivity index (χ2n) is 4.59. The van der Waals surface area contributed by atoms with Crippen molar-refractivity contribution >= 4 is 28.9 Å². The van der Waals surface area contributed by atoms with Crippen LogP contribution in [0.4, 0.5) is 11.4 Å². The predicted octanol–water partition coefficient (Wildman–Crippen LogP) is 3.19. The molecule has 1 unspecified atom stereocenters. The topological polar surface area (TPSA) is 81.1 Å². The molecule has 0 aliphatic carbocycles. The number of primary amides is 1. The summed E-state index contributed by atoms with van der Waals surface area (Å²) >= 11 is 6.02. The Kier molecular flexibility index (Phi) is 4.15. The minimum absolute atomic E-state index is 0.0890. The van der Waals surface area contributed by atoms with E-state index in [-0.39, 0.29) is 6.04 Å². The van der Waals surface area contributed by atoms with Crippen LogP contribution in [0.2, 0.25) is 5.02 Å². The lowest BCUT2D eigenvalue weighted by atomic mass is 10.1. The number of hydrogen-bond donors (Lipinski definition) is 3. The Labute approximate surface area is 122 Å². The van der Waals surface area contributed by atoms with Gasteiger partial charge in [-0.1, -0.05) is 23.7 Å². The predicted molar refractivity (Wildman–Crippen MR) is 82.9 cm³/mol. The lowest BCUT2D eigenvalue weighted by Crippen LogP contribution is -2.12. The number of amides is 1. The quantitative estimate of drug-likeness (QED) is 0.756. The number of nitrogens with one attached hydrogen (secondary N) is 1. The van der Waals surface area contributed by atoms with Gasteiger partial charge in [-0.15, -0.1) is 0 Å². The van der Waals surface area contributed by atoms with Gasteiger partial charge in [0, 0.05) is 17.4 Å². The molecule has 0 spiro atoms. The van der Waals surface area contributed by atoms with Gasteiger partial charge < -0.3 is 16.8 Å². The summed E-state index contributed by atoms with van der Waals surface area (Å²) in [7, 11) is 0. The first-order valence-corrected chi connectivity index (χ1v) is 6.56. The Morgan fingerprint density at radius 2 is 1.85 bits per heavy atom. The SMILES string of the molecule is CC(Nc1ccc(C(N)=O)c(Cl)c1)c1ccc(N)cc1. The van der Waals surface area contributed by atoms with E-state index in [1.54, 1.807) is 18.2 Å². The first-order valence-electron chi connectivity index (χ1n) is 6.18. The molecule has 20 heavy (non-hydrogen) atoms. The minimum atomic E-state index is -0.534. The van der Waals surface area contributed by atoms with Crippen LogP contribution < -0.4 is 16.8 Å². The maximum absolute atomic E-state index is 11.1. The fourth-order valence-corrected chi connectivity index (χ4v) is 2.20. The van der Waals surface area contributed by atoms with E-state index in [4.69, 9.17) is 23.1 Å². The number of nitrogen functional groups attached to an aromatic ring is 1.